The number of hydrogen-bond donors (Lipinski definition) is 1. The van der Waals surface area contributed by atoms with Crippen molar-refractivity contribution in [2.45, 2.75) is 26.4 Å². The molecular formula is C35H33N3O6. The second kappa shape index (κ2) is 13.2. The van der Waals surface area contributed by atoms with Gasteiger partial charge in [-0.05, 0) is 92.6 Å². The van der Waals surface area contributed by atoms with Crippen molar-refractivity contribution in [2.24, 2.45) is 0 Å². The van der Waals surface area contributed by atoms with Crippen molar-refractivity contribution in [1.82, 2.24) is 0 Å². The Balaban J connectivity index is 1.51. The predicted octanol–water partition coefficient (Wildman–Crippen LogP) is 7.18. The lowest BCUT2D eigenvalue weighted by Gasteiger charge is -2.23. The number of amides is 2. The number of nitrogens with zero attached hydrogens (tertiary/aromatic N) is 2. The van der Waals surface area contributed by atoms with Crippen LogP contribution in [-0.2, 0) is 4.74 Å². The first kappa shape index (κ1) is 31.4. The Labute approximate surface area is 256 Å². The highest BCUT2D eigenvalue weighted by Crippen LogP contribution is 2.29. The molecule has 2 amide bonds. The van der Waals surface area contributed by atoms with Gasteiger partial charge in [-0.3, -0.25) is 24.5 Å². The summed E-state index contributed by atoms with van der Waals surface area (Å²) in [5.41, 5.74) is 4.56. The van der Waals surface area contributed by atoms with Crippen molar-refractivity contribution < 1.29 is 28.7 Å². The number of nitrogens with one attached hydrogen (secondary N) is 1. The van der Waals surface area contributed by atoms with E-state index in [0.29, 0.717) is 41.4 Å². The van der Waals surface area contributed by atoms with Crippen LogP contribution in [0.5, 0.6) is 0 Å². The van der Waals surface area contributed by atoms with Crippen molar-refractivity contribution in [3.8, 4) is 11.1 Å². The van der Waals surface area contributed by atoms with Gasteiger partial charge in [-0.15, -0.1) is 0 Å². The van der Waals surface area contributed by atoms with Gasteiger partial charge < -0.3 is 14.5 Å². The molecule has 1 N–H and O–H groups in total. The number of hydrogen-bond acceptors (Lipinski definition) is 7. The minimum absolute atomic E-state index is 0.202. The first-order valence-corrected chi connectivity index (χ1v) is 13.8. The van der Waals surface area contributed by atoms with Gasteiger partial charge in [0.25, 0.3) is 5.91 Å². The van der Waals surface area contributed by atoms with Gasteiger partial charge >= 0.3 is 6.09 Å². The standard InChI is InChI=1S/C35H33N3O6/c1-35(2,3)44-34(43)36-28-10-12-29(13-11-28)37(4)30-14-16-31(17-15-30)38(5)33(42)32-19-24(7-9-26(32)21-40)23-6-8-25(20-39)27(18-23)22-41/h6-22H,1-5H3,(H,36,43). The van der Waals surface area contributed by atoms with Crippen molar-refractivity contribution in [3.05, 3.63) is 107 Å². The van der Waals surface area contributed by atoms with Crippen LogP contribution in [0.1, 0.15) is 62.2 Å². The fraction of sp³-hybridized carbons (Fsp3) is 0.171. The first-order chi connectivity index (χ1) is 20.9. The molecule has 0 fully saturated rings. The molecule has 9 nitrogen and oxygen atoms in total. The number of aldehydes is 3. The van der Waals surface area contributed by atoms with E-state index in [1.54, 1.807) is 88.5 Å². The molecular weight excluding hydrogens is 558 g/mol. The van der Waals surface area contributed by atoms with Crippen LogP contribution in [0, 0.1) is 0 Å². The zero-order chi connectivity index (χ0) is 32.0. The lowest BCUT2D eigenvalue weighted by molar-refractivity contribution is 0.0635. The van der Waals surface area contributed by atoms with Crippen molar-refractivity contribution in [3.63, 3.8) is 0 Å². The van der Waals surface area contributed by atoms with Crippen LogP contribution < -0.4 is 15.1 Å². The van der Waals surface area contributed by atoms with Gasteiger partial charge in [0, 0.05) is 53.5 Å². The molecule has 44 heavy (non-hydrogen) atoms. The van der Waals surface area contributed by atoms with Crippen LogP contribution in [0.15, 0.2) is 84.9 Å². The van der Waals surface area contributed by atoms with Gasteiger partial charge in [0.15, 0.2) is 18.9 Å². The van der Waals surface area contributed by atoms with E-state index in [1.807, 2.05) is 36.2 Å². The fourth-order valence-corrected chi connectivity index (χ4v) is 4.52. The summed E-state index contributed by atoms with van der Waals surface area (Å²) in [6, 6.07) is 24.3. The average molecular weight is 592 g/mol. The summed E-state index contributed by atoms with van der Waals surface area (Å²) in [6.07, 6.45) is 1.31. The van der Waals surface area contributed by atoms with Crippen LogP contribution in [0.3, 0.4) is 0 Å². The predicted molar refractivity (Wildman–Crippen MR) is 172 cm³/mol. The van der Waals surface area contributed by atoms with Crippen LogP contribution in [-0.4, -0.2) is 50.6 Å². The third-order valence-corrected chi connectivity index (χ3v) is 6.91. The Morgan fingerprint density at radius 2 is 1.16 bits per heavy atom. The molecule has 0 saturated heterocycles. The molecule has 0 bridgehead atoms. The minimum Gasteiger partial charge on any atom is -0.444 e. The van der Waals surface area contributed by atoms with E-state index in [4.69, 9.17) is 4.74 Å². The number of rotatable bonds is 9. The maximum absolute atomic E-state index is 13.6. The summed E-state index contributed by atoms with van der Waals surface area (Å²) in [5.74, 6) is -0.386. The lowest BCUT2D eigenvalue weighted by Crippen LogP contribution is -2.27. The largest absolute Gasteiger partial charge is 0.444 e. The SMILES string of the molecule is CN(C(=O)c1cc(-c2ccc(C=O)c(C=O)c2)ccc1C=O)c1ccc(N(C)c2ccc(NC(=O)OC(C)(C)C)cc2)cc1. The highest BCUT2D eigenvalue weighted by Gasteiger charge is 2.20. The molecule has 0 heterocycles. The Hall–Kier alpha value is -5.57. The Morgan fingerprint density at radius 1 is 0.659 bits per heavy atom. The van der Waals surface area contributed by atoms with Crippen molar-refractivity contribution >= 4 is 53.6 Å². The summed E-state index contributed by atoms with van der Waals surface area (Å²) in [4.78, 5) is 63.5. The van der Waals surface area contributed by atoms with Crippen molar-refractivity contribution in [2.75, 3.05) is 29.2 Å². The second-order valence-corrected chi connectivity index (χ2v) is 11.1. The summed E-state index contributed by atoms with van der Waals surface area (Å²) in [7, 11) is 3.53. The molecule has 4 aromatic carbocycles. The smallest absolute Gasteiger partial charge is 0.412 e. The highest BCUT2D eigenvalue weighted by molar-refractivity contribution is 6.10. The van der Waals surface area contributed by atoms with E-state index in [-0.39, 0.29) is 28.2 Å². The Morgan fingerprint density at radius 3 is 1.70 bits per heavy atom. The summed E-state index contributed by atoms with van der Waals surface area (Å²) in [5, 5.41) is 2.71. The van der Waals surface area contributed by atoms with E-state index < -0.39 is 11.7 Å². The van der Waals surface area contributed by atoms with E-state index in [2.05, 4.69) is 5.32 Å². The second-order valence-electron chi connectivity index (χ2n) is 11.1. The maximum atomic E-state index is 13.6. The third-order valence-electron chi connectivity index (χ3n) is 6.91. The van der Waals surface area contributed by atoms with Crippen molar-refractivity contribution in [1.29, 1.82) is 0 Å². The monoisotopic (exact) mass is 591 g/mol. The number of ether oxygens (including phenoxy) is 1. The number of carbonyl (C=O) groups is 5. The molecule has 0 saturated carbocycles. The topological polar surface area (TPSA) is 113 Å². The third kappa shape index (κ3) is 7.25. The summed E-state index contributed by atoms with van der Waals surface area (Å²) in [6.45, 7) is 5.40. The summed E-state index contributed by atoms with van der Waals surface area (Å²) >= 11 is 0. The Kier molecular flexibility index (Phi) is 9.38. The van der Waals surface area contributed by atoms with Gasteiger partial charge in [-0.1, -0.05) is 24.3 Å². The zero-order valence-corrected chi connectivity index (χ0v) is 25.2. The molecule has 0 aliphatic carbocycles. The minimum atomic E-state index is -0.594. The van der Waals surface area contributed by atoms with Gasteiger partial charge in [0.05, 0.1) is 5.56 Å². The number of carbonyl (C=O) groups excluding carboxylic acids is 5. The number of anilines is 4. The van der Waals surface area contributed by atoms with Gasteiger partial charge in [-0.25, -0.2) is 4.79 Å². The molecule has 4 aromatic rings. The molecule has 224 valence electrons. The quantitative estimate of drug-likeness (QED) is 0.205. The van der Waals surface area contributed by atoms with E-state index in [1.165, 1.54) is 4.90 Å². The normalized spacial score (nSPS) is 10.8. The van der Waals surface area contributed by atoms with E-state index in [9.17, 15) is 24.0 Å². The van der Waals surface area contributed by atoms with E-state index in [0.717, 1.165) is 11.4 Å². The van der Waals surface area contributed by atoms with E-state index >= 15 is 0 Å². The molecule has 0 radical (unpaired) electrons. The molecule has 4 rings (SSSR count). The molecule has 0 atom stereocenters. The summed E-state index contributed by atoms with van der Waals surface area (Å²) < 4.78 is 5.29. The fourth-order valence-electron chi connectivity index (χ4n) is 4.52. The van der Waals surface area contributed by atoms with Gasteiger partial charge in [-0.2, -0.15) is 0 Å². The maximum Gasteiger partial charge on any atom is 0.412 e. The highest BCUT2D eigenvalue weighted by atomic mass is 16.6. The van der Waals surface area contributed by atoms with Crippen LogP contribution >= 0.6 is 0 Å². The molecule has 0 aromatic heterocycles. The molecule has 0 spiro atoms. The first-order valence-electron chi connectivity index (χ1n) is 13.8. The number of benzene rings is 4. The molecule has 0 aliphatic heterocycles. The molecule has 9 heteroatoms. The molecule has 0 unspecified atom stereocenters. The lowest BCUT2D eigenvalue weighted by atomic mass is 9.96. The zero-order valence-electron chi connectivity index (χ0n) is 25.2. The van der Waals surface area contributed by atoms with Crippen LogP contribution in [0.25, 0.3) is 11.1 Å². The average Bonchev–Trinajstić information content (AvgIpc) is 3.02. The molecule has 0 aliphatic rings. The van der Waals surface area contributed by atoms with Crippen LogP contribution in [0.2, 0.25) is 0 Å². The van der Waals surface area contributed by atoms with Crippen LogP contribution in [0.4, 0.5) is 27.5 Å². The van der Waals surface area contributed by atoms with Gasteiger partial charge in [0.2, 0.25) is 0 Å². The Bertz CT molecular complexity index is 1710. The van der Waals surface area contributed by atoms with Gasteiger partial charge in [0.1, 0.15) is 5.60 Å².